The van der Waals surface area contributed by atoms with Crippen LogP contribution in [0.2, 0.25) is 5.02 Å². The number of halogens is 1. The molecule has 1 atom stereocenters. The number of aromatic hydroxyl groups is 1. The standard InChI is InChI=1S/C14H17ClN2O3/c1-8(18)12-5-11(15)4-10(13(12)19)7-17-3-2-9(6-17)14(16)20/h4-5,9,19H,2-3,6-7H2,1H3,(H2,16,20). The van der Waals surface area contributed by atoms with Crippen LogP contribution in [0.15, 0.2) is 12.1 Å². The zero-order valence-electron chi connectivity index (χ0n) is 11.2. The molecule has 1 unspecified atom stereocenters. The lowest BCUT2D eigenvalue weighted by molar-refractivity contribution is -0.121. The lowest BCUT2D eigenvalue weighted by Gasteiger charge is -2.17. The number of rotatable bonds is 4. The molecule has 1 amide bonds. The van der Waals surface area contributed by atoms with E-state index in [0.717, 1.165) is 13.0 Å². The average molecular weight is 297 g/mol. The molecule has 0 bridgehead atoms. The molecule has 0 spiro atoms. The summed E-state index contributed by atoms with van der Waals surface area (Å²) in [5.74, 6) is -0.719. The number of nitrogens with zero attached hydrogens (tertiary/aromatic N) is 1. The van der Waals surface area contributed by atoms with Gasteiger partial charge in [-0.25, -0.2) is 0 Å². The van der Waals surface area contributed by atoms with Crippen LogP contribution < -0.4 is 5.73 Å². The van der Waals surface area contributed by atoms with Crippen molar-refractivity contribution in [1.29, 1.82) is 0 Å². The molecule has 108 valence electrons. The molecule has 0 radical (unpaired) electrons. The SMILES string of the molecule is CC(=O)c1cc(Cl)cc(CN2CCC(C(N)=O)C2)c1O. The minimum absolute atomic E-state index is 0.0376. The summed E-state index contributed by atoms with van der Waals surface area (Å²) < 4.78 is 0. The van der Waals surface area contributed by atoms with Gasteiger partial charge in [0.15, 0.2) is 5.78 Å². The van der Waals surface area contributed by atoms with Gasteiger partial charge in [0.1, 0.15) is 5.75 Å². The molecular weight excluding hydrogens is 280 g/mol. The number of hydrogen-bond donors (Lipinski definition) is 2. The third kappa shape index (κ3) is 3.11. The van der Waals surface area contributed by atoms with E-state index in [4.69, 9.17) is 17.3 Å². The number of ketones is 1. The van der Waals surface area contributed by atoms with Crippen molar-refractivity contribution < 1.29 is 14.7 Å². The number of carbonyl (C=O) groups is 2. The van der Waals surface area contributed by atoms with Gasteiger partial charge in [0, 0.05) is 23.7 Å². The predicted molar refractivity (Wildman–Crippen MR) is 75.7 cm³/mol. The number of phenolic OH excluding ortho intramolecular Hbond substituents is 1. The van der Waals surface area contributed by atoms with Gasteiger partial charge < -0.3 is 10.8 Å². The van der Waals surface area contributed by atoms with Gasteiger partial charge in [-0.05, 0) is 32.0 Å². The number of Topliss-reactive ketones (excluding diaryl/α,β-unsaturated/α-hetero) is 1. The molecule has 5 nitrogen and oxygen atoms in total. The van der Waals surface area contributed by atoms with E-state index in [2.05, 4.69) is 0 Å². The van der Waals surface area contributed by atoms with Crippen molar-refractivity contribution in [2.24, 2.45) is 11.7 Å². The van der Waals surface area contributed by atoms with E-state index < -0.39 is 0 Å². The predicted octanol–water partition coefficient (Wildman–Crippen LogP) is 1.56. The molecule has 3 N–H and O–H groups in total. The van der Waals surface area contributed by atoms with Crippen LogP contribution in [0.4, 0.5) is 0 Å². The van der Waals surface area contributed by atoms with E-state index >= 15 is 0 Å². The Morgan fingerprint density at radius 3 is 2.75 bits per heavy atom. The van der Waals surface area contributed by atoms with Crippen LogP contribution in [0.25, 0.3) is 0 Å². The van der Waals surface area contributed by atoms with E-state index in [1.807, 2.05) is 4.90 Å². The van der Waals surface area contributed by atoms with Crippen molar-refractivity contribution in [2.45, 2.75) is 19.9 Å². The average Bonchev–Trinajstić information content (AvgIpc) is 2.81. The van der Waals surface area contributed by atoms with Crippen LogP contribution in [-0.2, 0) is 11.3 Å². The maximum Gasteiger partial charge on any atom is 0.221 e. The van der Waals surface area contributed by atoms with E-state index in [0.29, 0.717) is 23.7 Å². The number of amides is 1. The van der Waals surface area contributed by atoms with Gasteiger partial charge in [-0.3, -0.25) is 14.5 Å². The van der Waals surface area contributed by atoms with Gasteiger partial charge in [0.05, 0.1) is 11.5 Å². The molecule has 1 heterocycles. The van der Waals surface area contributed by atoms with Gasteiger partial charge in [0.2, 0.25) is 5.91 Å². The lowest BCUT2D eigenvalue weighted by atomic mass is 10.1. The number of primary amides is 1. The molecule has 6 heteroatoms. The molecule has 0 saturated carbocycles. The zero-order chi connectivity index (χ0) is 14.9. The quantitative estimate of drug-likeness (QED) is 0.826. The van der Waals surface area contributed by atoms with E-state index in [1.54, 1.807) is 6.07 Å². The molecule has 1 aromatic carbocycles. The van der Waals surface area contributed by atoms with Crippen LogP contribution in [0, 0.1) is 5.92 Å². The van der Waals surface area contributed by atoms with Gasteiger partial charge in [0.25, 0.3) is 0 Å². The second-order valence-corrected chi connectivity index (χ2v) is 5.58. The fourth-order valence-corrected chi connectivity index (χ4v) is 2.73. The third-order valence-corrected chi connectivity index (χ3v) is 3.82. The summed E-state index contributed by atoms with van der Waals surface area (Å²) in [6.45, 7) is 3.12. The van der Waals surface area contributed by atoms with Crippen molar-refractivity contribution in [3.05, 3.63) is 28.3 Å². The topological polar surface area (TPSA) is 83.6 Å². The largest absolute Gasteiger partial charge is 0.507 e. The highest BCUT2D eigenvalue weighted by Crippen LogP contribution is 2.30. The summed E-state index contributed by atoms with van der Waals surface area (Å²) in [4.78, 5) is 24.6. The molecule has 0 aliphatic carbocycles. The normalized spacial score (nSPS) is 19.2. The summed E-state index contributed by atoms with van der Waals surface area (Å²) in [5.41, 5.74) is 6.10. The molecule has 2 rings (SSSR count). The Hall–Kier alpha value is -1.59. The van der Waals surface area contributed by atoms with Crippen molar-refractivity contribution in [3.63, 3.8) is 0 Å². The van der Waals surface area contributed by atoms with E-state index in [1.165, 1.54) is 13.0 Å². The van der Waals surface area contributed by atoms with Crippen LogP contribution in [0.3, 0.4) is 0 Å². The molecule has 1 fully saturated rings. The Balaban J connectivity index is 2.18. The Labute approximate surface area is 122 Å². The van der Waals surface area contributed by atoms with Gasteiger partial charge in [-0.1, -0.05) is 11.6 Å². The summed E-state index contributed by atoms with van der Waals surface area (Å²) in [7, 11) is 0. The molecule has 1 aliphatic rings. The lowest BCUT2D eigenvalue weighted by Crippen LogP contribution is -2.27. The first-order valence-electron chi connectivity index (χ1n) is 6.42. The van der Waals surface area contributed by atoms with Crippen molar-refractivity contribution in [1.82, 2.24) is 4.90 Å². The monoisotopic (exact) mass is 296 g/mol. The maximum atomic E-state index is 11.5. The number of nitrogens with two attached hydrogens (primary N) is 1. The summed E-state index contributed by atoms with van der Waals surface area (Å²) >= 11 is 5.97. The van der Waals surface area contributed by atoms with Crippen LogP contribution >= 0.6 is 11.6 Å². The van der Waals surface area contributed by atoms with Gasteiger partial charge in [-0.2, -0.15) is 0 Å². The van der Waals surface area contributed by atoms with Crippen LogP contribution in [-0.4, -0.2) is 34.8 Å². The molecule has 1 aliphatic heterocycles. The molecule has 1 aromatic rings. The number of carbonyl (C=O) groups excluding carboxylic acids is 2. The van der Waals surface area contributed by atoms with Crippen LogP contribution in [0.5, 0.6) is 5.75 Å². The van der Waals surface area contributed by atoms with Gasteiger partial charge in [-0.15, -0.1) is 0 Å². The first-order chi connectivity index (χ1) is 9.38. The number of likely N-dealkylation sites (tertiary alicyclic amines) is 1. The number of hydrogen-bond acceptors (Lipinski definition) is 4. The van der Waals surface area contributed by atoms with Gasteiger partial charge >= 0.3 is 0 Å². The highest BCUT2D eigenvalue weighted by atomic mass is 35.5. The summed E-state index contributed by atoms with van der Waals surface area (Å²) in [6.07, 6.45) is 0.718. The number of benzene rings is 1. The molecular formula is C14H17ClN2O3. The second kappa shape index (κ2) is 5.81. The number of phenols is 1. The molecule has 0 aromatic heterocycles. The van der Waals surface area contributed by atoms with Crippen LogP contribution in [0.1, 0.15) is 29.3 Å². The van der Waals surface area contributed by atoms with E-state index in [-0.39, 0.29) is 28.9 Å². The maximum absolute atomic E-state index is 11.5. The highest BCUT2D eigenvalue weighted by molar-refractivity contribution is 6.31. The fourth-order valence-electron chi connectivity index (χ4n) is 2.49. The van der Waals surface area contributed by atoms with Crippen molar-refractivity contribution in [2.75, 3.05) is 13.1 Å². The minimum Gasteiger partial charge on any atom is -0.507 e. The summed E-state index contributed by atoms with van der Waals surface area (Å²) in [6, 6.07) is 3.10. The first-order valence-corrected chi connectivity index (χ1v) is 6.80. The van der Waals surface area contributed by atoms with Crippen molar-refractivity contribution >= 4 is 23.3 Å². The molecule has 1 saturated heterocycles. The summed E-state index contributed by atoms with van der Waals surface area (Å²) in [5, 5.41) is 10.5. The Morgan fingerprint density at radius 2 is 2.20 bits per heavy atom. The zero-order valence-corrected chi connectivity index (χ0v) is 12.0. The Kier molecular flexibility index (Phi) is 4.30. The Bertz CT molecular complexity index is 560. The smallest absolute Gasteiger partial charge is 0.221 e. The minimum atomic E-state index is -0.299. The van der Waals surface area contributed by atoms with E-state index in [9.17, 15) is 14.7 Å². The fraction of sp³-hybridized carbons (Fsp3) is 0.429. The third-order valence-electron chi connectivity index (χ3n) is 3.60. The highest BCUT2D eigenvalue weighted by Gasteiger charge is 2.27. The van der Waals surface area contributed by atoms with Crippen molar-refractivity contribution in [3.8, 4) is 5.75 Å². The first kappa shape index (κ1) is 14.8. The Morgan fingerprint density at radius 1 is 1.50 bits per heavy atom. The second-order valence-electron chi connectivity index (χ2n) is 5.14. The molecule has 20 heavy (non-hydrogen) atoms.